The van der Waals surface area contributed by atoms with E-state index in [0.29, 0.717) is 6.04 Å². The molecule has 0 bridgehead atoms. The molecule has 0 atom stereocenters. The van der Waals surface area contributed by atoms with Crippen molar-refractivity contribution >= 4 is 39.9 Å². The van der Waals surface area contributed by atoms with Gasteiger partial charge >= 0.3 is 0 Å². The van der Waals surface area contributed by atoms with Gasteiger partial charge in [0.05, 0.1) is 10.7 Å². The molecule has 0 spiro atoms. The van der Waals surface area contributed by atoms with Crippen molar-refractivity contribution in [1.82, 2.24) is 0 Å². The maximum atomic E-state index is 6.09. The van der Waals surface area contributed by atoms with Gasteiger partial charge in [-0.3, -0.25) is 0 Å². The smallest absolute Gasteiger partial charge is 0.0638 e. The molecule has 1 aromatic rings. The monoisotopic (exact) mass is 323 g/mol. The van der Waals surface area contributed by atoms with Crippen molar-refractivity contribution in [1.29, 1.82) is 0 Å². The molecule has 1 aromatic carbocycles. The Balaban J connectivity index is 2.79. The van der Waals surface area contributed by atoms with Crippen LogP contribution < -0.4 is 5.32 Å². The summed E-state index contributed by atoms with van der Waals surface area (Å²) < 4.78 is 1.21. The summed E-state index contributed by atoms with van der Waals surface area (Å²) in [6.45, 7) is 4.37. The number of hydrogen-bond donors (Lipinski definition) is 1. The summed E-state index contributed by atoms with van der Waals surface area (Å²) in [4.78, 5) is 0. The van der Waals surface area contributed by atoms with Crippen LogP contribution in [0.2, 0.25) is 5.02 Å². The molecule has 0 aliphatic rings. The topological polar surface area (TPSA) is 12.0 Å². The summed E-state index contributed by atoms with van der Waals surface area (Å²) in [5.74, 6) is 0. The van der Waals surface area contributed by atoms with Gasteiger partial charge in [0.2, 0.25) is 0 Å². The fraction of sp³-hybridized carbons (Fsp3) is 0.455. The third-order valence-electron chi connectivity index (χ3n) is 2.27. The molecule has 0 aromatic heterocycles. The first kappa shape index (κ1) is 12.1. The third kappa shape index (κ3) is 3.31. The fourth-order valence-electron chi connectivity index (χ4n) is 1.32. The first-order valence-corrected chi connectivity index (χ1v) is 6.34. The second-order valence-electron chi connectivity index (χ2n) is 3.28. The zero-order valence-electron chi connectivity index (χ0n) is 8.48. The van der Waals surface area contributed by atoms with Gasteiger partial charge in [-0.25, -0.2) is 0 Å². The van der Waals surface area contributed by atoms with Crippen molar-refractivity contribution in [2.75, 3.05) is 5.32 Å². The summed E-state index contributed by atoms with van der Waals surface area (Å²) in [5.41, 5.74) is 1.05. The van der Waals surface area contributed by atoms with E-state index in [1.54, 1.807) is 0 Å². The minimum Gasteiger partial charge on any atom is -0.381 e. The molecule has 0 heterocycles. The first-order valence-electron chi connectivity index (χ1n) is 4.89. The van der Waals surface area contributed by atoms with E-state index in [-0.39, 0.29) is 0 Å². The van der Waals surface area contributed by atoms with Gasteiger partial charge in [-0.2, -0.15) is 0 Å². The number of rotatable bonds is 4. The van der Waals surface area contributed by atoms with Crippen LogP contribution in [0.4, 0.5) is 5.69 Å². The van der Waals surface area contributed by atoms with E-state index >= 15 is 0 Å². The van der Waals surface area contributed by atoms with E-state index in [4.69, 9.17) is 11.6 Å². The molecule has 3 heteroatoms. The Labute approximate surface area is 104 Å². The molecule has 14 heavy (non-hydrogen) atoms. The molecular formula is C11H15ClIN. The van der Waals surface area contributed by atoms with E-state index in [1.165, 1.54) is 3.57 Å². The van der Waals surface area contributed by atoms with E-state index in [2.05, 4.69) is 47.8 Å². The predicted octanol–water partition coefficient (Wildman–Crippen LogP) is 4.55. The Bertz CT molecular complexity index is 297. The summed E-state index contributed by atoms with van der Waals surface area (Å²) in [7, 11) is 0. The third-order valence-corrected chi connectivity index (χ3v) is 3.27. The van der Waals surface area contributed by atoms with Gasteiger partial charge in [-0.1, -0.05) is 25.4 Å². The van der Waals surface area contributed by atoms with Gasteiger partial charge in [0, 0.05) is 9.61 Å². The van der Waals surface area contributed by atoms with Crippen LogP contribution >= 0.6 is 34.2 Å². The highest BCUT2D eigenvalue weighted by Crippen LogP contribution is 2.25. The number of anilines is 1. The molecule has 0 saturated heterocycles. The molecule has 0 amide bonds. The van der Waals surface area contributed by atoms with Crippen molar-refractivity contribution in [3.63, 3.8) is 0 Å². The van der Waals surface area contributed by atoms with Gasteiger partial charge in [-0.05, 0) is 53.6 Å². The van der Waals surface area contributed by atoms with Gasteiger partial charge < -0.3 is 5.32 Å². The van der Waals surface area contributed by atoms with Crippen LogP contribution in [-0.2, 0) is 0 Å². The molecule has 0 saturated carbocycles. The Kier molecular flexibility index (Phi) is 5.02. The lowest BCUT2D eigenvalue weighted by molar-refractivity contribution is 0.672. The molecule has 1 N–H and O–H groups in total. The summed E-state index contributed by atoms with van der Waals surface area (Å²) >= 11 is 8.38. The normalized spacial score (nSPS) is 10.6. The molecule has 0 aliphatic heterocycles. The SMILES string of the molecule is CCC(CC)Nc1cc(I)ccc1Cl. The molecule has 1 nitrogen and oxygen atoms in total. The predicted molar refractivity (Wildman–Crippen MR) is 72.2 cm³/mol. The van der Waals surface area contributed by atoms with Crippen LogP contribution in [0.1, 0.15) is 26.7 Å². The Hall–Kier alpha value is 0.0400. The zero-order valence-corrected chi connectivity index (χ0v) is 11.4. The van der Waals surface area contributed by atoms with Crippen LogP contribution in [-0.4, -0.2) is 6.04 Å². The summed E-state index contributed by atoms with van der Waals surface area (Å²) in [6.07, 6.45) is 2.25. The second-order valence-corrected chi connectivity index (χ2v) is 4.93. The van der Waals surface area contributed by atoms with Crippen molar-refractivity contribution in [2.45, 2.75) is 32.7 Å². The standard InChI is InChI=1S/C11H15ClIN/c1-3-9(4-2)14-11-7-8(13)5-6-10(11)12/h5-7,9,14H,3-4H2,1-2H3. The first-order chi connectivity index (χ1) is 6.67. The maximum Gasteiger partial charge on any atom is 0.0638 e. The highest BCUT2D eigenvalue weighted by Gasteiger charge is 2.06. The van der Waals surface area contributed by atoms with E-state index in [9.17, 15) is 0 Å². The van der Waals surface area contributed by atoms with Crippen LogP contribution in [0.15, 0.2) is 18.2 Å². The minimum atomic E-state index is 0.519. The highest BCUT2D eigenvalue weighted by molar-refractivity contribution is 14.1. The van der Waals surface area contributed by atoms with Crippen molar-refractivity contribution < 1.29 is 0 Å². The van der Waals surface area contributed by atoms with Gasteiger partial charge in [0.25, 0.3) is 0 Å². The number of halogens is 2. The van der Waals surface area contributed by atoms with Gasteiger partial charge in [-0.15, -0.1) is 0 Å². The number of nitrogens with one attached hydrogen (secondary N) is 1. The lowest BCUT2D eigenvalue weighted by Crippen LogP contribution is -2.17. The lowest BCUT2D eigenvalue weighted by Gasteiger charge is -2.17. The molecular weight excluding hydrogens is 308 g/mol. The fourth-order valence-corrected chi connectivity index (χ4v) is 1.98. The summed E-state index contributed by atoms with van der Waals surface area (Å²) in [5, 5.41) is 4.25. The molecule has 0 radical (unpaired) electrons. The van der Waals surface area contributed by atoms with Crippen LogP contribution in [0.25, 0.3) is 0 Å². The van der Waals surface area contributed by atoms with Gasteiger partial charge in [0.1, 0.15) is 0 Å². The van der Waals surface area contributed by atoms with Crippen molar-refractivity contribution in [2.24, 2.45) is 0 Å². The quantitative estimate of drug-likeness (QED) is 0.802. The largest absolute Gasteiger partial charge is 0.381 e. The molecule has 78 valence electrons. The van der Waals surface area contributed by atoms with Crippen molar-refractivity contribution in [3.8, 4) is 0 Å². The van der Waals surface area contributed by atoms with Crippen LogP contribution in [0.3, 0.4) is 0 Å². The van der Waals surface area contributed by atoms with E-state index < -0.39 is 0 Å². The zero-order chi connectivity index (χ0) is 10.6. The maximum absolute atomic E-state index is 6.09. The van der Waals surface area contributed by atoms with E-state index in [1.807, 2.05) is 12.1 Å². The molecule has 0 unspecified atom stereocenters. The molecule has 0 fully saturated rings. The van der Waals surface area contributed by atoms with Crippen LogP contribution in [0.5, 0.6) is 0 Å². The Morgan fingerprint density at radius 1 is 1.36 bits per heavy atom. The molecule has 0 aliphatic carbocycles. The highest BCUT2D eigenvalue weighted by atomic mass is 127. The lowest BCUT2D eigenvalue weighted by atomic mass is 10.1. The van der Waals surface area contributed by atoms with Crippen LogP contribution in [0, 0.1) is 3.57 Å². The minimum absolute atomic E-state index is 0.519. The summed E-state index contributed by atoms with van der Waals surface area (Å²) in [6, 6.07) is 6.56. The average molecular weight is 324 g/mol. The number of hydrogen-bond acceptors (Lipinski definition) is 1. The molecule has 1 rings (SSSR count). The Morgan fingerprint density at radius 2 is 2.00 bits per heavy atom. The van der Waals surface area contributed by atoms with Gasteiger partial charge in [0.15, 0.2) is 0 Å². The van der Waals surface area contributed by atoms with E-state index in [0.717, 1.165) is 23.6 Å². The average Bonchev–Trinajstić information content (AvgIpc) is 2.19. The van der Waals surface area contributed by atoms with Crippen molar-refractivity contribution in [3.05, 3.63) is 26.8 Å². The number of benzene rings is 1. The second kappa shape index (κ2) is 5.81. The Morgan fingerprint density at radius 3 is 2.57 bits per heavy atom.